The highest BCUT2D eigenvalue weighted by Crippen LogP contribution is 2.44. The first-order valence-electron chi connectivity index (χ1n) is 14.1. The SMILES string of the molecule is COC(=O)C1(c2ccccn2)CCC(N2CC[C@H]3CCN(C(=O)CNC(=O)c4cccc(C(F)(F)F)c4)CC32)CC1. The molecule has 1 aromatic heterocycles. The number of rotatable bonds is 6. The average molecular weight is 573 g/mol. The third-order valence-corrected chi connectivity index (χ3v) is 9.12. The lowest BCUT2D eigenvalue weighted by molar-refractivity contribution is -0.150. The van der Waals surface area contributed by atoms with Crippen molar-refractivity contribution in [3.05, 3.63) is 65.5 Å². The van der Waals surface area contributed by atoms with E-state index < -0.39 is 23.1 Å². The van der Waals surface area contributed by atoms with Gasteiger partial charge in [-0.25, -0.2) is 0 Å². The molecule has 1 N–H and O–H groups in total. The van der Waals surface area contributed by atoms with Crippen LogP contribution in [0.15, 0.2) is 48.7 Å². The lowest BCUT2D eigenvalue weighted by Crippen LogP contribution is -2.55. The van der Waals surface area contributed by atoms with Crippen molar-refractivity contribution < 1.29 is 32.3 Å². The Bertz CT molecular complexity index is 1260. The maximum Gasteiger partial charge on any atom is 0.416 e. The fraction of sp³-hybridized carbons (Fsp3) is 0.533. The number of amides is 2. The van der Waals surface area contributed by atoms with Crippen molar-refractivity contribution in [2.24, 2.45) is 5.92 Å². The van der Waals surface area contributed by atoms with Gasteiger partial charge in [0.05, 0.1) is 24.9 Å². The Morgan fingerprint density at radius 1 is 1.05 bits per heavy atom. The Morgan fingerprint density at radius 2 is 1.80 bits per heavy atom. The zero-order valence-corrected chi connectivity index (χ0v) is 23.0. The average Bonchev–Trinajstić information content (AvgIpc) is 3.42. The minimum atomic E-state index is -4.55. The van der Waals surface area contributed by atoms with E-state index in [4.69, 9.17) is 4.74 Å². The topological polar surface area (TPSA) is 91.8 Å². The maximum absolute atomic E-state index is 13.0. The van der Waals surface area contributed by atoms with E-state index in [0.29, 0.717) is 31.8 Å². The van der Waals surface area contributed by atoms with Crippen LogP contribution >= 0.6 is 0 Å². The van der Waals surface area contributed by atoms with Gasteiger partial charge < -0.3 is 15.0 Å². The first-order chi connectivity index (χ1) is 19.6. The fourth-order valence-corrected chi connectivity index (χ4v) is 6.89. The number of carbonyl (C=O) groups is 3. The van der Waals surface area contributed by atoms with E-state index in [1.807, 2.05) is 18.2 Å². The van der Waals surface area contributed by atoms with Crippen molar-refractivity contribution in [2.45, 2.75) is 62.2 Å². The largest absolute Gasteiger partial charge is 0.468 e. The minimum Gasteiger partial charge on any atom is -0.468 e. The van der Waals surface area contributed by atoms with Gasteiger partial charge in [-0.3, -0.25) is 24.3 Å². The number of fused-ring (bicyclic) bond motifs is 1. The van der Waals surface area contributed by atoms with E-state index in [9.17, 15) is 27.6 Å². The van der Waals surface area contributed by atoms with E-state index in [0.717, 1.165) is 50.1 Å². The van der Waals surface area contributed by atoms with Crippen LogP contribution in [0, 0.1) is 5.92 Å². The summed E-state index contributed by atoms with van der Waals surface area (Å²) in [4.78, 5) is 47.2. The third kappa shape index (κ3) is 5.95. The maximum atomic E-state index is 13.0. The molecular formula is C30H35F3N4O4. The number of methoxy groups -OCH3 is 1. The number of piperidine rings is 1. The summed E-state index contributed by atoms with van der Waals surface area (Å²) in [5.74, 6) is -0.748. The van der Waals surface area contributed by atoms with Gasteiger partial charge in [0.25, 0.3) is 5.91 Å². The molecule has 41 heavy (non-hydrogen) atoms. The number of nitrogens with one attached hydrogen (secondary N) is 1. The van der Waals surface area contributed by atoms with Crippen molar-refractivity contribution in [3.63, 3.8) is 0 Å². The lowest BCUT2D eigenvalue weighted by atomic mass is 9.69. The lowest BCUT2D eigenvalue weighted by Gasteiger charge is -2.45. The molecule has 5 rings (SSSR count). The van der Waals surface area contributed by atoms with Crippen LogP contribution in [-0.4, -0.2) is 77.9 Å². The Kier molecular flexibility index (Phi) is 8.35. The van der Waals surface area contributed by atoms with Gasteiger partial charge in [-0.15, -0.1) is 0 Å². The predicted molar refractivity (Wildman–Crippen MR) is 144 cm³/mol. The molecule has 3 aliphatic rings. The van der Waals surface area contributed by atoms with Crippen LogP contribution in [-0.2, 0) is 25.9 Å². The Balaban J connectivity index is 1.19. The molecular weight excluding hydrogens is 537 g/mol. The predicted octanol–water partition coefficient (Wildman–Crippen LogP) is 3.81. The number of pyridine rings is 1. The van der Waals surface area contributed by atoms with Crippen LogP contribution in [0.3, 0.4) is 0 Å². The summed E-state index contributed by atoms with van der Waals surface area (Å²) in [6.07, 6.45) is 1.97. The summed E-state index contributed by atoms with van der Waals surface area (Å²) in [5, 5.41) is 2.49. The molecule has 2 aromatic rings. The number of halogens is 3. The number of aromatic nitrogens is 1. The fourth-order valence-electron chi connectivity index (χ4n) is 6.89. The zero-order chi connectivity index (χ0) is 29.2. The van der Waals surface area contributed by atoms with Crippen LogP contribution in [0.2, 0.25) is 0 Å². The highest BCUT2D eigenvalue weighted by molar-refractivity contribution is 5.96. The summed E-state index contributed by atoms with van der Waals surface area (Å²) in [7, 11) is 1.42. The van der Waals surface area contributed by atoms with Gasteiger partial charge in [0.15, 0.2) is 0 Å². The molecule has 2 amide bonds. The van der Waals surface area contributed by atoms with Crippen molar-refractivity contribution in [3.8, 4) is 0 Å². The van der Waals surface area contributed by atoms with Crippen LogP contribution in [0.25, 0.3) is 0 Å². The number of carbonyl (C=O) groups excluding carboxylic acids is 3. The Morgan fingerprint density at radius 3 is 2.49 bits per heavy atom. The van der Waals surface area contributed by atoms with Gasteiger partial charge in [0.1, 0.15) is 5.41 Å². The van der Waals surface area contributed by atoms with Crippen molar-refractivity contribution in [2.75, 3.05) is 33.3 Å². The second-order valence-electron chi connectivity index (χ2n) is 11.3. The normalized spacial score (nSPS) is 26.7. The number of nitrogens with zero attached hydrogens (tertiary/aromatic N) is 3. The van der Waals surface area contributed by atoms with Crippen molar-refractivity contribution in [1.29, 1.82) is 0 Å². The molecule has 0 radical (unpaired) electrons. The molecule has 0 bridgehead atoms. The number of ether oxygens (including phenoxy) is 1. The summed E-state index contributed by atoms with van der Waals surface area (Å²) in [6, 6.07) is 10.2. The molecule has 1 aromatic carbocycles. The number of hydrogen-bond acceptors (Lipinski definition) is 6. The van der Waals surface area contributed by atoms with E-state index in [-0.39, 0.29) is 36.1 Å². The number of benzene rings is 1. The summed E-state index contributed by atoms with van der Waals surface area (Å²) in [6.45, 7) is 1.79. The van der Waals surface area contributed by atoms with Crippen molar-refractivity contribution in [1.82, 2.24) is 20.1 Å². The van der Waals surface area contributed by atoms with Gasteiger partial charge in [-0.1, -0.05) is 12.1 Å². The highest BCUT2D eigenvalue weighted by Gasteiger charge is 2.49. The molecule has 0 spiro atoms. The van der Waals surface area contributed by atoms with E-state index >= 15 is 0 Å². The molecule has 3 fully saturated rings. The van der Waals surface area contributed by atoms with Crippen LogP contribution < -0.4 is 5.32 Å². The second-order valence-corrected chi connectivity index (χ2v) is 11.3. The molecule has 2 aliphatic heterocycles. The molecule has 8 nitrogen and oxygen atoms in total. The van der Waals surface area contributed by atoms with Crippen molar-refractivity contribution >= 4 is 17.8 Å². The Hall–Kier alpha value is -3.47. The van der Waals surface area contributed by atoms with Crippen LogP contribution in [0.4, 0.5) is 13.2 Å². The van der Waals surface area contributed by atoms with E-state index in [1.165, 1.54) is 19.2 Å². The molecule has 1 unspecified atom stereocenters. The third-order valence-electron chi connectivity index (χ3n) is 9.12. The molecule has 1 saturated carbocycles. The van der Waals surface area contributed by atoms with E-state index in [2.05, 4.69) is 15.2 Å². The molecule has 2 atom stereocenters. The van der Waals surface area contributed by atoms with Crippen LogP contribution in [0.5, 0.6) is 0 Å². The van der Waals surface area contributed by atoms with Crippen LogP contribution in [0.1, 0.15) is 60.1 Å². The standard InChI is InChI=1S/C30H35F3N4O4/c1-41-28(40)29(25-7-2-3-14-34-25)12-8-23(9-13-29)37-16-11-20-10-15-36(19-24(20)37)26(38)18-35-27(39)21-5-4-6-22(17-21)30(31,32)33/h2-7,14,17,20,23-24H,8-13,15-16,18-19H2,1H3,(H,35,39)/t20-,23?,24?,29?/m1/s1. The summed E-state index contributed by atoms with van der Waals surface area (Å²) >= 11 is 0. The summed E-state index contributed by atoms with van der Waals surface area (Å²) in [5.41, 5.74) is -1.06. The quantitative estimate of drug-likeness (QED) is 0.530. The number of alkyl halides is 3. The first-order valence-corrected chi connectivity index (χ1v) is 14.1. The van der Waals surface area contributed by atoms with Gasteiger partial charge in [-0.2, -0.15) is 13.2 Å². The smallest absolute Gasteiger partial charge is 0.416 e. The van der Waals surface area contributed by atoms with Gasteiger partial charge >= 0.3 is 12.1 Å². The Labute approximate surface area is 237 Å². The number of esters is 1. The second kappa shape index (κ2) is 11.8. The monoisotopic (exact) mass is 572 g/mol. The minimum absolute atomic E-state index is 0.140. The highest BCUT2D eigenvalue weighted by atomic mass is 19.4. The molecule has 220 valence electrons. The molecule has 2 saturated heterocycles. The van der Waals surface area contributed by atoms with E-state index in [1.54, 1.807) is 11.1 Å². The van der Waals surface area contributed by atoms with Gasteiger partial charge in [0.2, 0.25) is 5.91 Å². The first kappa shape index (κ1) is 29.0. The number of likely N-dealkylation sites (tertiary alicyclic amines) is 2. The summed E-state index contributed by atoms with van der Waals surface area (Å²) < 4.78 is 44.2. The van der Waals surface area contributed by atoms with Gasteiger partial charge in [-0.05, 0) is 81.3 Å². The molecule has 11 heteroatoms. The molecule has 1 aliphatic carbocycles. The zero-order valence-electron chi connectivity index (χ0n) is 23.0. The number of hydrogen-bond donors (Lipinski definition) is 1. The molecule has 3 heterocycles. The van der Waals surface area contributed by atoms with Gasteiger partial charge in [0, 0.05) is 36.9 Å².